The lowest BCUT2D eigenvalue weighted by molar-refractivity contribution is -0.145. The third-order valence-electron chi connectivity index (χ3n) is 3.28. The van der Waals surface area contributed by atoms with Crippen LogP contribution >= 0.6 is 0 Å². The molecule has 0 spiro atoms. The zero-order chi connectivity index (χ0) is 14.8. The summed E-state index contributed by atoms with van der Waals surface area (Å²) in [6.45, 7) is 5.56. The summed E-state index contributed by atoms with van der Waals surface area (Å²) in [7, 11) is 0. The fraction of sp³-hybridized carbons (Fsp3) is 0.615. The molecule has 1 saturated carbocycles. The Balaban J connectivity index is 2.67. The minimum Gasteiger partial charge on any atom is -0.466 e. The van der Waals surface area contributed by atoms with Crippen LogP contribution in [-0.2, 0) is 9.53 Å². The van der Waals surface area contributed by atoms with E-state index < -0.39 is 12.0 Å². The van der Waals surface area contributed by atoms with Crippen LogP contribution in [0.5, 0.6) is 0 Å². The Labute approximate surface area is 109 Å². The number of alkyl halides is 3. The average Bonchev–Trinajstić information content (AvgIpc) is 2.79. The third-order valence-corrected chi connectivity index (χ3v) is 3.28. The molecule has 2 atom stereocenters. The Hall–Kier alpha value is -1.33. The molecule has 0 aromatic carbocycles. The second kappa shape index (κ2) is 5.35. The minimum absolute atomic E-state index is 0.233. The lowest BCUT2D eigenvalue weighted by Crippen LogP contribution is -2.10. The minimum atomic E-state index is -4.97. The predicted molar refractivity (Wildman–Crippen MR) is 61.8 cm³/mol. The van der Waals surface area contributed by atoms with Gasteiger partial charge in [-0.05, 0) is 24.3 Å². The zero-order valence-electron chi connectivity index (χ0n) is 10.9. The maximum Gasteiger partial charge on any atom is 0.442 e. The van der Waals surface area contributed by atoms with Gasteiger partial charge < -0.3 is 4.74 Å². The average molecular weight is 280 g/mol. The number of rotatable bonds is 4. The van der Waals surface area contributed by atoms with Gasteiger partial charge in [0.05, 0.1) is 12.5 Å². The van der Waals surface area contributed by atoms with E-state index in [0.29, 0.717) is 6.08 Å². The molecule has 1 aliphatic carbocycles. The fourth-order valence-corrected chi connectivity index (χ4v) is 2.07. The summed E-state index contributed by atoms with van der Waals surface area (Å²) in [6, 6.07) is 0. The van der Waals surface area contributed by atoms with E-state index in [1.54, 1.807) is 6.92 Å². The highest BCUT2D eigenvalue weighted by Crippen LogP contribution is 2.59. The second-order valence-electron chi connectivity index (χ2n) is 4.97. The van der Waals surface area contributed by atoms with E-state index in [9.17, 15) is 22.4 Å². The summed E-state index contributed by atoms with van der Waals surface area (Å²) < 4.78 is 53.1. The van der Waals surface area contributed by atoms with E-state index in [1.807, 2.05) is 13.8 Å². The summed E-state index contributed by atoms with van der Waals surface area (Å²) >= 11 is 0. The van der Waals surface area contributed by atoms with E-state index in [2.05, 4.69) is 0 Å². The highest BCUT2D eigenvalue weighted by Gasteiger charge is 2.61. The Morgan fingerprint density at radius 3 is 2.42 bits per heavy atom. The van der Waals surface area contributed by atoms with Gasteiger partial charge in [-0.3, -0.25) is 4.79 Å². The topological polar surface area (TPSA) is 26.3 Å². The first-order chi connectivity index (χ1) is 8.62. The first kappa shape index (κ1) is 15.7. The summed E-state index contributed by atoms with van der Waals surface area (Å²) in [5, 5.41) is 0. The molecule has 6 heteroatoms. The van der Waals surface area contributed by atoms with Gasteiger partial charge in [0, 0.05) is 0 Å². The molecule has 0 saturated heterocycles. The molecule has 0 aromatic rings. The van der Waals surface area contributed by atoms with Crippen LogP contribution in [0.25, 0.3) is 0 Å². The molecule has 1 aliphatic rings. The molecule has 0 aromatic heterocycles. The Morgan fingerprint density at radius 2 is 1.95 bits per heavy atom. The smallest absolute Gasteiger partial charge is 0.442 e. The maximum absolute atomic E-state index is 12.5. The van der Waals surface area contributed by atoms with Crippen molar-refractivity contribution in [3.63, 3.8) is 0 Å². The van der Waals surface area contributed by atoms with Crippen LogP contribution in [0.4, 0.5) is 17.6 Å². The van der Waals surface area contributed by atoms with E-state index in [1.165, 1.54) is 6.08 Å². The predicted octanol–water partition coefficient (Wildman–Crippen LogP) is 3.79. The molecule has 2 nitrogen and oxygen atoms in total. The molecule has 19 heavy (non-hydrogen) atoms. The van der Waals surface area contributed by atoms with Crippen molar-refractivity contribution >= 4 is 5.97 Å². The number of hydrogen-bond donors (Lipinski definition) is 0. The molecule has 108 valence electrons. The number of halogens is 4. The first-order valence-electron chi connectivity index (χ1n) is 5.90. The normalized spacial score (nSPS) is 26.6. The van der Waals surface area contributed by atoms with E-state index in [0.717, 1.165) is 6.08 Å². The number of esters is 1. The van der Waals surface area contributed by atoms with Gasteiger partial charge in [-0.15, -0.1) is 0 Å². The molecule has 0 aliphatic heterocycles. The van der Waals surface area contributed by atoms with Crippen LogP contribution in [0.3, 0.4) is 0 Å². The molecule has 2 unspecified atom stereocenters. The van der Waals surface area contributed by atoms with Gasteiger partial charge in [0.1, 0.15) is 0 Å². The van der Waals surface area contributed by atoms with Gasteiger partial charge in [-0.2, -0.15) is 13.2 Å². The van der Waals surface area contributed by atoms with E-state index >= 15 is 0 Å². The lowest BCUT2D eigenvalue weighted by atomic mass is 10.1. The standard InChI is InChI=1S/C13H16F4O2/c1-4-19-11(18)10-8(12(10,2)3)6-5-7-9(14)13(15,16)17/h5-8,10H,4H2,1-3H3. The third kappa shape index (κ3) is 3.58. The number of carbonyl (C=O) groups excluding carboxylic acids is 1. The van der Waals surface area contributed by atoms with Crippen molar-refractivity contribution in [1.29, 1.82) is 0 Å². The van der Waals surface area contributed by atoms with Gasteiger partial charge >= 0.3 is 12.1 Å². The van der Waals surface area contributed by atoms with Gasteiger partial charge in [0.25, 0.3) is 0 Å². The Kier molecular flexibility index (Phi) is 4.43. The van der Waals surface area contributed by atoms with Crippen LogP contribution in [-0.4, -0.2) is 18.8 Å². The summed E-state index contributed by atoms with van der Waals surface area (Å²) in [5.74, 6) is -3.15. The number of carbonyl (C=O) groups is 1. The van der Waals surface area contributed by atoms with Crippen molar-refractivity contribution < 1.29 is 27.1 Å². The zero-order valence-corrected chi connectivity index (χ0v) is 10.9. The lowest BCUT2D eigenvalue weighted by Gasteiger charge is -2.01. The fourth-order valence-electron chi connectivity index (χ4n) is 2.07. The van der Waals surface area contributed by atoms with Crippen LogP contribution in [0.1, 0.15) is 20.8 Å². The van der Waals surface area contributed by atoms with Gasteiger partial charge in [-0.25, -0.2) is 4.39 Å². The van der Waals surface area contributed by atoms with Crippen molar-refractivity contribution in [2.45, 2.75) is 26.9 Å². The summed E-state index contributed by atoms with van der Waals surface area (Å²) in [5.41, 5.74) is -0.370. The monoisotopic (exact) mass is 280 g/mol. The molecule has 0 amide bonds. The van der Waals surface area contributed by atoms with E-state index in [-0.39, 0.29) is 29.8 Å². The number of hydrogen-bond acceptors (Lipinski definition) is 2. The van der Waals surface area contributed by atoms with Crippen molar-refractivity contribution in [2.75, 3.05) is 6.61 Å². The molecule has 0 bridgehead atoms. The second-order valence-corrected chi connectivity index (χ2v) is 4.97. The molecular formula is C13H16F4O2. The molecular weight excluding hydrogens is 264 g/mol. The van der Waals surface area contributed by atoms with Gasteiger partial charge in [-0.1, -0.05) is 26.0 Å². The highest BCUT2D eigenvalue weighted by atomic mass is 19.4. The van der Waals surface area contributed by atoms with Crippen LogP contribution in [0.2, 0.25) is 0 Å². The van der Waals surface area contributed by atoms with Crippen LogP contribution in [0.15, 0.2) is 24.1 Å². The van der Waals surface area contributed by atoms with Gasteiger partial charge in [0.15, 0.2) is 0 Å². The molecule has 0 N–H and O–H groups in total. The Bertz CT molecular complexity index is 407. The summed E-state index contributed by atoms with van der Waals surface area (Å²) in [4.78, 5) is 11.6. The van der Waals surface area contributed by atoms with Crippen molar-refractivity contribution in [2.24, 2.45) is 17.3 Å². The molecule has 1 fully saturated rings. The van der Waals surface area contributed by atoms with Crippen LogP contribution in [0, 0.1) is 17.3 Å². The van der Waals surface area contributed by atoms with E-state index in [4.69, 9.17) is 4.74 Å². The van der Waals surface area contributed by atoms with Crippen molar-refractivity contribution in [1.82, 2.24) is 0 Å². The maximum atomic E-state index is 12.5. The Morgan fingerprint density at radius 1 is 1.37 bits per heavy atom. The van der Waals surface area contributed by atoms with Crippen LogP contribution < -0.4 is 0 Å². The highest BCUT2D eigenvalue weighted by molar-refractivity contribution is 5.78. The van der Waals surface area contributed by atoms with Gasteiger partial charge in [0.2, 0.25) is 5.83 Å². The van der Waals surface area contributed by atoms with Crippen molar-refractivity contribution in [3.05, 3.63) is 24.1 Å². The molecule has 0 radical (unpaired) electrons. The quantitative estimate of drug-likeness (QED) is 0.445. The SMILES string of the molecule is CCOC(=O)C1C(C=CC=C(F)C(F)(F)F)C1(C)C. The number of allylic oxidation sites excluding steroid dienone is 4. The summed E-state index contributed by atoms with van der Waals surface area (Å²) in [6.07, 6.45) is -2.21. The van der Waals surface area contributed by atoms with Crippen molar-refractivity contribution in [3.8, 4) is 0 Å². The largest absolute Gasteiger partial charge is 0.466 e. The molecule has 1 rings (SSSR count). The first-order valence-corrected chi connectivity index (χ1v) is 5.90. The molecule has 0 heterocycles. The number of ether oxygens (including phenoxy) is 1.